The van der Waals surface area contributed by atoms with Gasteiger partial charge in [-0.05, 0) is 23.4 Å². The second-order valence-electron chi connectivity index (χ2n) is 6.02. The third-order valence-corrected chi connectivity index (χ3v) is 5.57. The van der Waals surface area contributed by atoms with E-state index in [0.29, 0.717) is 32.1 Å². The summed E-state index contributed by atoms with van der Waals surface area (Å²) in [5.74, 6) is 0.522. The molecular weight excluding hydrogens is 338 g/mol. The van der Waals surface area contributed by atoms with Crippen molar-refractivity contribution in [1.29, 1.82) is 5.26 Å². The Morgan fingerprint density at radius 1 is 1.36 bits per heavy atom. The normalized spacial score (nSPS) is 20.0. The number of hydrogen-bond donors (Lipinski definition) is 0. The van der Waals surface area contributed by atoms with E-state index in [-0.39, 0.29) is 11.6 Å². The molecule has 0 aliphatic carbocycles. The first-order chi connectivity index (χ1) is 12.3. The molecule has 2 aromatic rings. The van der Waals surface area contributed by atoms with Crippen LogP contribution < -0.4 is 4.90 Å². The molecular formula is C17H17N5O2S. The molecule has 2 aliphatic heterocycles. The van der Waals surface area contributed by atoms with Crippen molar-refractivity contribution in [1.82, 2.24) is 14.9 Å². The van der Waals surface area contributed by atoms with E-state index in [2.05, 4.69) is 27.5 Å². The topological polar surface area (TPSA) is 82.4 Å². The van der Waals surface area contributed by atoms with E-state index in [4.69, 9.17) is 4.74 Å². The summed E-state index contributed by atoms with van der Waals surface area (Å²) in [7, 11) is 0. The fourth-order valence-electron chi connectivity index (χ4n) is 3.27. The Balaban J connectivity index is 1.48. The molecule has 7 nitrogen and oxygen atoms in total. The van der Waals surface area contributed by atoms with Crippen LogP contribution in [0.4, 0.5) is 5.82 Å². The molecule has 0 aromatic carbocycles. The average molecular weight is 355 g/mol. The van der Waals surface area contributed by atoms with E-state index in [0.717, 1.165) is 13.0 Å². The molecule has 0 spiro atoms. The first-order valence-corrected chi connectivity index (χ1v) is 9.06. The number of hydrogen-bond acceptors (Lipinski definition) is 7. The van der Waals surface area contributed by atoms with Crippen LogP contribution >= 0.6 is 11.3 Å². The zero-order valence-corrected chi connectivity index (χ0v) is 14.4. The zero-order chi connectivity index (χ0) is 17.2. The van der Waals surface area contributed by atoms with Crippen molar-refractivity contribution in [3.63, 3.8) is 0 Å². The molecule has 1 atom stereocenters. The fourth-order valence-corrected chi connectivity index (χ4v) is 4.16. The van der Waals surface area contributed by atoms with Gasteiger partial charge in [-0.25, -0.2) is 9.97 Å². The van der Waals surface area contributed by atoms with Crippen LogP contribution in [0.1, 0.15) is 16.1 Å². The first kappa shape index (κ1) is 16.0. The highest BCUT2D eigenvalue weighted by atomic mass is 32.1. The molecule has 2 aromatic heterocycles. The van der Waals surface area contributed by atoms with Crippen LogP contribution in [-0.2, 0) is 22.5 Å². The van der Waals surface area contributed by atoms with Crippen LogP contribution in [0, 0.1) is 11.3 Å². The van der Waals surface area contributed by atoms with Crippen LogP contribution in [0.25, 0.3) is 0 Å². The van der Waals surface area contributed by atoms with E-state index in [1.807, 2.05) is 9.80 Å². The summed E-state index contributed by atoms with van der Waals surface area (Å²) >= 11 is 1.75. The quantitative estimate of drug-likeness (QED) is 0.805. The fraction of sp³-hybridized carbons (Fsp3) is 0.412. The predicted octanol–water partition coefficient (Wildman–Crippen LogP) is 1.20. The number of carbonyl (C=O) groups excluding carboxylic acids is 1. The third-order valence-electron chi connectivity index (χ3n) is 4.55. The second-order valence-corrected chi connectivity index (χ2v) is 7.03. The van der Waals surface area contributed by atoms with Crippen LogP contribution in [0.3, 0.4) is 0 Å². The van der Waals surface area contributed by atoms with E-state index in [9.17, 15) is 10.1 Å². The molecule has 0 radical (unpaired) electrons. The first-order valence-electron chi connectivity index (χ1n) is 8.18. The number of nitriles is 1. The van der Waals surface area contributed by atoms with Crippen LogP contribution in [0.2, 0.25) is 0 Å². The number of carbonyl (C=O) groups is 1. The standard InChI is InChI=1S/C17H17N5O2S/c18-9-13-16(20-4-3-19-13)21-6-7-24-14(11-21)17(23)22-5-1-15-12(10-22)2-8-25-15/h2-4,8,14H,1,5-7,10-11H2. The van der Waals surface area contributed by atoms with Crippen molar-refractivity contribution in [2.45, 2.75) is 19.1 Å². The van der Waals surface area contributed by atoms with Crippen molar-refractivity contribution in [3.8, 4) is 6.07 Å². The zero-order valence-electron chi connectivity index (χ0n) is 13.6. The van der Waals surface area contributed by atoms with Gasteiger partial charge in [0.1, 0.15) is 6.07 Å². The molecule has 128 valence electrons. The average Bonchev–Trinajstić information content (AvgIpc) is 3.15. The molecule has 8 heteroatoms. The minimum atomic E-state index is -0.539. The maximum Gasteiger partial charge on any atom is 0.253 e. The van der Waals surface area contributed by atoms with Crippen LogP contribution in [0.5, 0.6) is 0 Å². The molecule has 0 bridgehead atoms. The van der Waals surface area contributed by atoms with Gasteiger partial charge in [0, 0.05) is 36.9 Å². The molecule has 1 fully saturated rings. The van der Waals surface area contributed by atoms with Crippen molar-refractivity contribution in [2.75, 3.05) is 31.1 Å². The summed E-state index contributed by atoms with van der Waals surface area (Å²) in [5, 5.41) is 11.3. The van der Waals surface area contributed by atoms with Crippen molar-refractivity contribution < 1.29 is 9.53 Å². The third kappa shape index (κ3) is 3.08. The summed E-state index contributed by atoms with van der Waals surface area (Å²) in [6, 6.07) is 4.15. The van der Waals surface area contributed by atoms with Crippen LogP contribution in [-0.4, -0.2) is 53.1 Å². The predicted molar refractivity (Wildman–Crippen MR) is 92.1 cm³/mol. The Hall–Kier alpha value is -2.50. The van der Waals surface area contributed by atoms with Gasteiger partial charge in [-0.3, -0.25) is 4.79 Å². The van der Waals surface area contributed by atoms with Gasteiger partial charge in [0.25, 0.3) is 5.91 Å². The summed E-state index contributed by atoms with van der Waals surface area (Å²) in [6.45, 7) is 2.77. The number of morpholine rings is 1. The molecule has 4 rings (SSSR count). The molecule has 0 N–H and O–H groups in total. The molecule has 4 heterocycles. The van der Waals surface area contributed by atoms with Gasteiger partial charge in [-0.15, -0.1) is 11.3 Å². The van der Waals surface area contributed by atoms with E-state index in [1.165, 1.54) is 16.6 Å². The lowest BCUT2D eigenvalue weighted by atomic mass is 10.1. The smallest absolute Gasteiger partial charge is 0.253 e. The number of rotatable bonds is 2. The van der Waals surface area contributed by atoms with E-state index >= 15 is 0 Å². The number of fused-ring (bicyclic) bond motifs is 1. The number of thiophene rings is 1. The van der Waals surface area contributed by atoms with Gasteiger partial charge in [0.2, 0.25) is 0 Å². The SMILES string of the molecule is N#Cc1nccnc1N1CCOC(C(=O)N2CCc3sccc3C2)C1. The van der Waals surface area contributed by atoms with Crippen LogP contribution in [0.15, 0.2) is 23.8 Å². The Labute approximate surface area is 149 Å². The molecule has 1 amide bonds. The number of amides is 1. The summed E-state index contributed by atoms with van der Waals surface area (Å²) in [6.07, 6.45) is 3.42. The maximum absolute atomic E-state index is 12.9. The highest BCUT2D eigenvalue weighted by molar-refractivity contribution is 7.10. The Morgan fingerprint density at radius 3 is 3.12 bits per heavy atom. The lowest BCUT2D eigenvalue weighted by Gasteiger charge is -2.36. The molecule has 1 unspecified atom stereocenters. The molecule has 0 saturated carbocycles. The number of ether oxygens (including phenoxy) is 1. The van der Waals surface area contributed by atoms with Crippen molar-refractivity contribution in [3.05, 3.63) is 40.0 Å². The number of aromatic nitrogens is 2. The highest BCUT2D eigenvalue weighted by Gasteiger charge is 2.33. The molecule has 25 heavy (non-hydrogen) atoms. The highest BCUT2D eigenvalue weighted by Crippen LogP contribution is 2.25. The summed E-state index contributed by atoms with van der Waals surface area (Å²) in [5.41, 5.74) is 1.51. The molecule has 1 saturated heterocycles. The second kappa shape index (κ2) is 6.78. The molecule has 2 aliphatic rings. The van der Waals surface area contributed by atoms with Gasteiger partial charge in [-0.1, -0.05) is 0 Å². The van der Waals surface area contributed by atoms with Gasteiger partial charge in [0.15, 0.2) is 17.6 Å². The maximum atomic E-state index is 12.9. The summed E-state index contributed by atoms with van der Waals surface area (Å²) in [4.78, 5) is 26.4. The number of anilines is 1. The van der Waals surface area contributed by atoms with Crippen molar-refractivity contribution in [2.24, 2.45) is 0 Å². The van der Waals surface area contributed by atoms with E-state index < -0.39 is 6.10 Å². The van der Waals surface area contributed by atoms with Gasteiger partial charge in [-0.2, -0.15) is 5.26 Å². The minimum Gasteiger partial charge on any atom is -0.365 e. The lowest BCUT2D eigenvalue weighted by molar-refractivity contribution is -0.145. The number of nitrogens with zero attached hydrogens (tertiary/aromatic N) is 5. The van der Waals surface area contributed by atoms with E-state index in [1.54, 1.807) is 17.5 Å². The van der Waals surface area contributed by atoms with Gasteiger partial charge < -0.3 is 14.5 Å². The Bertz CT molecular complexity index is 830. The Morgan fingerprint density at radius 2 is 2.24 bits per heavy atom. The van der Waals surface area contributed by atoms with Gasteiger partial charge >= 0.3 is 0 Å². The minimum absolute atomic E-state index is 0.00366. The van der Waals surface area contributed by atoms with Crippen molar-refractivity contribution >= 4 is 23.1 Å². The summed E-state index contributed by atoms with van der Waals surface area (Å²) < 4.78 is 5.73. The lowest BCUT2D eigenvalue weighted by Crippen LogP contribution is -2.52. The monoisotopic (exact) mass is 355 g/mol. The van der Waals surface area contributed by atoms with Gasteiger partial charge in [0.05, 0.1) is 13.2 Å². The largest absolute Gasteiger partial charge is 0.365 e. The Kier molecular flexibility index (Phi) is 4.34.